The number of alkyl halides is 3. The van der Waals surface area contributed by atoms with E-state index < -0.39 is 11.7 Å². The first-order valence-corrected chi connectivity index (χ1v) is 4.78. The zero-order chi connectivity index (χ0) is 10.9. The van der Waals surface area contributed by atoms with Crippen LogP contribution >= 0.6 is 27.5 Å². The molecule has 0 radical (unpaired) electrons. The summed E-state index contributed by atoms with van der Waals surface area (Å²) in [6.07, 6.45) is -4.44. The maximum absolute atomic E-state index is 12.4. The van der Waals surface area contributed by atoms with Crippen molar-refractivity contribution < 1.29 is 13.2 Å². The summed E-state index contributed by atoms with van der Waals surface area (Å²) >= 11 is 8.53. The van der Waals surface area contributed by atoms with Gasteiger partial charge in [-0.3, -0.25) is 0 Å². The van der Waals surface area contributed by atoms with Crippen molar-refractivity contribution in [1.82, 2.24) is 0 Å². The fourth-order valence-corrected chi connectivity index (χ4v) is 1.88. The lowest BCUT2D eigenvalue weighted by molar-refractivity contribution is -0.137. The zero-order valence-corrected chi connectivity index (χ0v) is 9.17. The third kappa shape index (κ3) is 2.40. The molecule has 0 spiro atoms. The minimum absolute atomic E-state index is 0.0286. The molecule has 0 fully saturated rings. The molecule has 0 heterocycles. The van der Waals surface area contributed by atoms with Gasteiger partial charge in [-0.25, -0.2) is 0 Å². The Morgan fingerprint density at radius 1 is 1.36 bits per heavy atom. The fraction of sp³-hybridized carbons (Fsp3) is 0.250. The Kier molecular flexibility index (Phi) is 3.44. The molecule has 1 aromatic carbocycles. The van der Waals surface area contributed by atoms with Crippen molar-refractivity contribution in [3.8, 4) is 0 Å². The van der Waals surface area contributed by atoms with E-state index in [2.05, 4.69) is 15.9 Å². The van der Waals surface area contributed by atoms with Crippen molar-refractivity contribution in [2.24, 2.45) is 5.73 Å². The summed E-state index contributed by atoms with van der Waals surface area (Å²) in [5.41, 5.74) is 4.79. The van der Waals surface area contributed by atoms with Crippen LogP contribution in [0.2, 0.25) is 5.02 Å². The highest BCUT2D eigenvalue weighted by Gasteiger charge is 2.33. The predicted molar refractivity (Wildman–Crippen MR) is 52.0 cm³/mol. The molecule has 0 unspecified atom stereocenters. The van der Waals surface area contributed by atoms with Gasteiger partial charge in [0.05, 0.1) is 10.6 Å². The molecule has 6 heteroatoms. The van der Waals surface area contributed by atoms with E-state index in [0.717, 1.165) is 6.07 Å². The lowest BCUT2D eigenvalue weighted by atomic mass is 10.1. The number of rotatable bonds is 1. The molecule has 0 saturated carbocycles. The van der Waals surface area contributed by atoms with Gasteiger partial charge in [0.1, 0.15) is 0 Å². The summed E-state index contributed by atoms with van der Waals surface area (Å²) in [5.74, 6) is 0. The average Bonchev–Trinajstić information content (AvgIpc) is 2.02. The fourth-order valence-electron chi connectivity index (χ4n) is 0.967. The van der Waals surface area contributed by atoms with Crippen molar-refractivity contribution in [1.29, 1.82) is 0 Å². The van der Waals surface area contributed by atoms with E-state index in [1.165, 1.54) is 6.07 Å². The standard InChI is InChI=1S/C8H6BrClF3N/c9-6-2-7(10)5(8(11,12)13)1-4(6)3-14/h1-2H,3,14H2. The van der Waals surface area contributed by atoms with Crippen LogP contribution < -0.4 is 5.73 Å². The first kappa shape index (κ1) is 11.8. The number of halogens is 5. The van der Waals surface area contributed by atoms with Crippen molar-refractivity contribution in [2.45, 2.75) is 12.7 Å². The topological polar surface area (TPSA) is 26.0 Å². The molecule has 78 valence electrons. The minimum atomic E-state index is -4.44. The Hall–Kier alpha value is -0.260. The third-order valence-corrected chi connectivity index (χ3v) is 2.71. The minimum Gasteiger partial charge on any atom is -0.326 e. The molecular weight excluding hydrogens is 282 g/mol. The molecule has 0 aliphatic heterocycles. The smallest absolute Gasteiger partial charge is 0.326 e. The second kappa shape index (κ2) is 4.08. The Bertz CT molecular complexity index is 351. The molecule has 0 atom stereocenters. The molecule has 0 bridgehead atoms. The van der Waals surface area contributed by atoms with Crippen molar-refractivity contribution in [3.05, 3.63) is 32.8 Å². The number of nitrogens with two attached hydrogens (primary N) is 1. The Morgan fingerprint density at radius 2 is 1.93 bits per heavy atom. The Morgan fingerprint density at radius 3 is 2.36 bits per heavy atom. The van der Waals surface area contributed by atoms with Crippen LogP contribution in [-0.4, -0.2) is 0 Å². The Labute approximate surface area is 92.2 Å². The van der Waals surface area contributed by atoms with Gasteiger partial charge in [0.2, 0.25) is 0 Å². The lowest BCUT2D eigenvalue weighted by Crippen LogP contribution is -2.08. The van der Waals surface area contributed by atoms with Crippen LogP contribution in [0.5, 0.6) is 0 Å². The van der Waals surface area contributed by atoms with E-state index in [0.29, 0.717) is 10.0 Å². The van der Waals surface area contributed by atoms with E-state index in [-0.39, 0.29) is 11.6 Å². The van der Waals surface area contributed by atoms with E-state index in [9.17, 15) is 13.2 Å². The van der Waals surface area contributed by atoms with E-state index in [1.54, 1.807) is 0 Å². The van der Waals surface area contributed by atoms with Gasteiger partial charge >= 0.3 is 6.18 Å². The van der Waals surface area contributed by atoms with Gasteiger partial charge < -0.3 is 5.73 Å². The third-order valence-electron chi connectivity index (χ3n) is 1.66. The summed E-state index contributed by atoms with van der Waals surface area (Å²) in [4.78, 5) is 0. The van der Waals surface area contributed by atoms with Gasteiger partial charge in [-0.05, 0) is 17.7 Å². The van der Waals surface area contributed by atoms with Crippen molar-refractivity contribution >= 4 is 27.5 Å². The van der Waals surface area contributed by atoms with E-state index in [1.807, 2.05) is 0 Å². The highest BCUT2D eigenvalue weighted by Crippen LogP contribution is 2.37. The molecule has 2 N–H and O–H groups in total. The van der Waals surface area contributed by atoms with Crippen LogP contribution in [0.3, 0.4) is 0 Å². The highest BCUT2D eigenvalue weighted by atomic mass is 79.9. The molecule has 1 rings (SSSR count). The van der Waals surface area contributed by atoms with E-state index in [4.69, 9.17) is 17.3 Å². The molecule has 0 aliphatic rings. The van der Waals surface area contributed by atoms with Crippen LogP contribution in [0.25, 0.3) is 0 Å². The van der Waals surface area contributed by atoms with Gasteiger partial charge in [-0.15, -0.1) is 0 Å². The normalized spacial score (nSPS) is 11.9. The second-order valence-corrected chi connectivity index (χ2v) is 3.89. The van der Waals surface area contributed by atoms with Crippen LogP contribution in [-0.2, 0) is 12.7 Å². The van der Waals surface area contributed by atoms with Crippen LogP contribution in [0, 0.1) is 0 Å². The molecule has 1 nitrogen and oxygen atoms in total. The molecule has 14 heavy (non-hydrogen) atoms. The molecule has 0 saturated heterocycles. The zero-order valence-electron chi connectivity index (χ0n) is 6.83. The van der Waals surface area contributed by atoms with Crippen molar-refractivity contribution in [3.63, 3.8) is 0 Å². The highest BCUT2D eigenvalue weighted by molar-refractivity contribution is 9.10. The second-order valence-electron chi connectivity index (χ2n) is 2.63. The lowest BCUT2D eigenvalue weighted by Gasteiger charge is -2.11. The summed E-state index contributed by atoms with van der Waals surface area (Å²) < 4.78 is 37.6. The summed E-state index contributed by atoms with van der Waals surface area (Å²) in [5, 5.41) is -0.332. The van der Waals surface area contributed by atoms with Gasteiger partial charge in [-0.1, -0.05) is 27.5 Å². The monoisotopic (exact) mass is 287 g/mol. The number of hydrogen-bond donors (Lipinski definition) is 1. The van der Waals surface area contributed by atoms with Gasteiger partial charge in [0, 0.05) is 11.0 Å². The van der Waals surface area contributed by atoms with Crippen LogP contribution in [0.1, 0.15) is 11.1 Å². The van der Waals surface area contributed by atoms with Crippen LogP contribution in [0.4, 0.5) is 13.2 Å². The van der Waals surface area contributed by atoms with Crippen molar-refractivity contribution in [2.75, 3.05) is 0 Å². The predicted octanol–water partition coefficient (Wildman–Crippen LogP) is 3.58. The van der Waals surface area contributed by atoms with Gasteiger partial charge in [0.15, 0.2) is 0 Å². The molecular formula is C8H6BrClF3N. The molecule has 1 aromatic rings. The quantitative estimate of drug-likeness (QED) is 0.840. The van der Waals surface area contributed by atoms with E-state index >= 15 is 0 Å². The first-order chi connectivity index (χ1) is 6.36. The summed E-state index contributed by atoms with van der Waals surface area (Å²) in [7, 11) is 0. The number of benzene rings is 1. The molecule has 0 aromatic heterocycles. The summed E-state index contributed by atoms with van der Waals surface area (Å²) in [6.45, 7) is 0.0286. The largest absolute Gasteiger partial charge is 0.417 e. The maximum atomic E-state index is 12.4. The SMILES string of the molecule is NCc1cc(C(F)(F)F)c(Cl)cc1Br. The summed E-state index contributed by atoms with van der Waals surface area (Å²) in [6, 6.07) is 2.15. The molecule has 0 aliphatic carbocycles. The molecule has 0 amide bonds. The van der Waals surface area contributed by atoms with Gasteiger partial charge in [0.25, 0.3) is 0 Å². The maximum Gasteiger partial charge on any atom is 0.417 e. The first-order valence-electron chi connectivity index (χ1n) is 3.61. The number of hydrogen-bond acceptors (Lipinski definition) is 1. The van der Waals surface area contributed by atoms with Gasteiger partial charge in [-0.2, -0.15) is 13.2 Å². The average molecular weight is 288 g/mol. The Balaban J connectivity index is 3.32. The van der Waals surface area contributed by atoms with Crippen LogP contribution in [0.15, 0.2) is 16.6 Å².